The van der Waals surface area contributed by atoms with Crippen LogP contribution >= 0.6 is 0 Å². The zero-order valence-corrected chi connectivity index (χ0v) is 22.0. The van der Waals surface area contributed by atoms with E-state index in [1.807, 2.05) is 0 Å². The molecule has 0 N–H and O–H groups in total. The van der Waals surface area contributed by atoms with E-state index in [1.165, 1.54) is 56.9 Å². The third-order valence-electron chi connectivity index (χ3n) is 6.49. The Kier molecular flexibility index (Phi) is 15.2. The van der Waals surface area contributed by atoms with Gasteiger partial charge in [0.05, 0.1) is 19.0 Å². The van der Waals surface area contributed by atoms with E-state index >= 15 is 0 Å². The lowest BCUT2D eigenvalue weighted by molar-refractivity contribution is 0.174. The maximum Gasteiger partial charge on any atom is 0.159 e. The van der Waals surface area contributed by atoms with Gasteiger partial charge in [-0.2, -0.15) is 0 Å². The van der Waals surface area contributed by atoms with Crippen LogP contribution in [0, 0.1) is 0 Å². The number of halogens is 2. The second-order valence-electron chi connectivity index (χ2n) is 9.73. The summed E-state index contributed by atoms with van der Waals surface area (Å²) in [4.78, 5) is 8.79. The summed E-state index contributed by atoms with van der Waals surface area (Å²) in [5.74, 6) is 1.15. The number of benzene rings is 1. The number of aryl methyl sites for hydroxylation is 1. The van der Waals surface area contributed by atoms with Crippen LogP contribution in [0.1, 0.15) is 109 Å². The summed E-state index contributed by atoms with van der Waals surface area (Å²) in [5.41, 5.74) is 2.32. The molecule has 0 fully saturated rings. The number of aromatic nitrogens is 2. The van der Waals surface area contributed by atoms with Gasteiger partial charge in [0.1, 0.15) is 12.3 Å². The molecule has 0 saturated carbocycles. The second kappa shape index (κ2) is 18.3. The number of rotatable bonds is 20. The standard InChI is InChI=1S/C30H46F2N2O/c1-3-5-7-8-9-10-11-13-14-25-16-18-26(19-17-25)30-33-23-29(24-34-30)35-21-20-28(32)22-27(31)15-12-6-4-2/h16-19,23-24,27-28H,3-15,20-22H2,1-2H3. The highest BCUT2D eigenvalue weighted by atomic mass is 19.1. The summed E-state index contributed by atoms with van der Waals surface area (Å²) < 4.78 is 33.4. The van der Waals surface area contributed by atoms with Gasteiger partial charge >= 0.3 is 0 Å². The van der Waals surface area contributed by atoms with Crippen LogP contribution in [0.4, 0.5) is 8.78 Å². The number of unbranched alkanes of at least 4 members (excludes halogenated alkanes) is 9. The van der Waals surface area contributed by atoms with Crippen LogP contribution in [-0.2, 0) is 6.42 Å². The molecule has 1 heterocycles. The van der Waals surface area contributed by atoms with Crippen molar-refractivity contribution in [2.75, 3.05) is 6.61 Å². The average molecular weight is 489 g/mol. The van der Waals surface area contributed by atoms with Crippen molar-refractivity contribution in [1.82, 2.24) is 9.97 Å². The highest BCUT2D eigenvalue weighted by molar-refractivity contribution is 5.55. The molecule has 2 atom stereocenters. The van der Waals surface area contributed by atoms with Gasteiger partial charge in [-0.1, -0.05) is 102 Å². The number of alkyl halides is 2. The molecule has 0 aliphatic carbocycles. The van der Waals surface area contributed by atoms with E-state index in [1.54, 1.807) is 12.4 Å². The van der Waals surface area contributed by atoms with Crippen LogP contribution in [0.3, 0.4) is 0 Å². The van der Waals surface area contributed by atoms with Crippen LogP contribution in [-0.4, -0.2) is 28.9 Å². The van der Waals surface area contributed by atoms with E-state index in [-0.39, 0.29) is 19.4 Å². The van der Waals surface area contributed by atoms with Crippen molar-refractivity contribution < 1.29 is 13.5 Å². The fourth-order valence-corrected chi connectivity index (χ4v) is 4.26. The Morgan fingerprint density at radius 2 is 1.29 bits per heavy atom. The van der Waals surface area contributed by atoms with Crippen LogP contribution in [0.25, 0.3) is 11.4 Å². The minimum Gasteiger partial charge on any atom is -0.490 e. The van der Waals surface area contributed by atoms with Crippen molar-refractivity contribution in [1.29, 1.82) is 0 Å². The minimum atomic E-state index is -1.18. The summed E-state index contributed by atoms with van der Waals surface area (Å²) in [7, 11) is 0. The monoisotopic (exact) mass is 488 g/mol. The van der Waals surface area contributed by atoms with Gasteiger partial charge in [-0.3, -0.25) is 0 Å². The molecule has 0 spiro atoms. The first-order valence-electron chi connectivity index (χ1n) is 13.9. The maximum atomic E-state index is 14.0. The predicted octanol–water partition coefficient (Wildman–Crippen LogP) is 9.24. The molecule has 2 aromatic rings. The Balaban J connectivity index is 1.64. The number of hydrogen-bond acceptors (Lipinski definition) is 3. The van der Waals surface area contributed by atoms with Crippen molar-refractivity contribution in [2.45, 2.75) is 123 Å². The van der Waals surface area contributed by atoms with E-state index in [4.69, 9.17) is 4.74 Å². The first-order chi connectivity index (χ1) is 17.1. The van der Waals surface area contributed by atoms with Crippen molar-refractivity contribution in [3.05, 3.63) is 42.2 Å². The quantitative estimate of drug-likeness (QED) is 0.174. The molecule has 35 heavy (non-hydrogen) atoms. The zero-order chi connectivity index (χ0) is 25.1. The Bertz CT molecular complexity index is 767. The highest BCUT2D eigenvalue weighted by Crippen LogP contribution is 2.20. The molecule has 0 bridgehead atoms. The second-order valence-corrected chi connectivity index (χ2v) is 9.73. The van der Waals surface area contributed by atoms with Gasteiger partial charge < -0.3 is 4.74 Å². The molecule has 3 nitrogen and oxygen atoms in total. The maximum absolute atomic E-state index is 14.0. The van der Waals surface area contributed by atoms with Crippen LogP contribution in [0.15, 0.2) is 36.7 Å². The lowest BCUT2D eigenvalue weighted by Gasteiger charge is -2.12. The molecular formula is C30H46F2N2O. The van der Waals surface area contributed by atoms with Crippen molar-refractivity contribution in [2.24, 2.45) is 0 Å². The first-order valence-corrected chi connectivity index (χ1v) is 13.9. The van der Waals surface area contributed by atoms with Gasteiger partial charge in [-0.05, 0) is 24.8 Å². The topological polar surface area (TPSA) is 35.0 Å². The highest BCUT2D eigenvalue weighted by Gasteiger charge is 2.15. The van der Waals surface area contributed by atoms with Crippen LogP contribution in [0.2, 0.25) is 0 Å². The Morgan fingerprint density at radius 3 is 1.94 bits per heavy atom. The minimum absolute atomic E-state index is 0.0441. The normalized spacial score (nSPS) is 13.0. The van der Waals surface area contributed by atoms with E-state index in [9.17, 15) is 8.78 Å². The SMILES string of the molecule is CCCCCCCCCCc1ccc(-c2ncc(OCCC(F)CC(F)CCCCC)cn2)cc1. The number of hydrogen-bond donors (Lipinski definition) is 0. The molecule has 0 aliphatic rings. The van der Waals surface area contributed by atoms with Gasteiger partial charge in [0.25, 0.3) is 0 Å². The Hall–Kier alpha value is -2.04. The molecule has 5 heteroatoms. The first kappa shape index (κ1) is 29.2. The zero-order valence-electron chi connectivity index (χ0n) is 22.0. The summed E-state index contributed by atoms with van der Waals surface area (Å²) in [6, 6.07) is 8.45. The summed E-state index contributed by atoms with van der Waals surface area (Å²) in [5, 5.41) is 0. The number of ether oxygens (including phenoxy) is 1. The molecule has 1 aromatic heterocycles. The van der Waals surface area contributed by atoms with E-state index in [0.29, 0.717) is 18.0 Å². The molecule has 0 aliphatic heterocycles. The smallest absolute Gasteiger partial charge is 0.159 e. The average Bonchev–Trinajstić information content (AvgIpc) is 2.86. The van der Waals surface area contributed by atoms with Crippen molar-refractivity contribution in [3.63, 3.8) is 0 Å². The summed E-state index contributed by atoms with van der Waals surface area (Å²) in [6.07, 6.45) is 16.2. The van der Waals surface area contributed by atoms with E-state index in [0.717, 1.165) is 31.2 Å². The summed E-state index contributed by atoms with van der Waals surface area (Å²) >= 11 is 0. The van der Waals surface area contributed by atoms with Gasteiger partial charge in [-0.15, -0.1) is 0 Å². The lowest BCUT2D eigenvalue weighted by Crippen LogP contribution is -2.14. The fourth-order valence-electron chi connectivity index (χ4n) is 4.26. The molecule has 0 amide bonds. The molecule has 0 saturated heterocycles. The molecule has 2 rings (SSSR count). The van der Waals surface area contributed by atoms with E-state index in [2.05, 4.69) is 48.1 Å². The summed E-state index contributed by atoms with van der Waals surface area (Å²) in [6.45, 7) is 4.53. The molecular weight excluding hydrogens is 442 g/mol. The largest absolute Gasteiger partial charge is 0.490 e. The van der Waals surface area contributed by atoms with Crippen molar-refractivity contribution in [3.8, 4) is 17.1 Å². The molecule has 0 radical (unpaired) electrons. The van der Waals surface area contributed by atoms with Gasteiger partial charge in [-0.25, -0.2) is 18.7 Å². The van der Waals surface area contributed by atoms with Gasteiger partial charge in [0, 0.05) is 18.4 Å². The van der Waals surface area contributed by atoms with Crippen molar-refractivity contribution >= 4 is 0 Å². The molecule has 196 valence electrons. The third kappa shape index (κ3) is 13.0. The lowest BCUT2D eigenvalue weighted by atomic mass is 10.0. The third-order valence-corrected chi connectivity index (χ3v) is 6.49. The van der Waals surface area contributed by atoms with E-state index < -0.39 is 12.3 Å². The van der Waals surface area contributed by atoms with Gasteiger partial charge in [0.15, 0.2) is 11.6 Å². The Labute approximate surface area is 212 Å². The fraction of sp³-hybridized carbons (Fsp3) is 0.667. The molecule has 1 aromatic carbocycles. The predicted molar refractivity (Wildman–Crippen MR) is 142 cm³/mol. The number of nitrogens with zero attached hydrogens (tertiary/aromatic N) is 2. The van der Waals surface area contributed by atoms with Crippen LogP contribution in [0.5, 0.6) is 5.75 Å². The van der Waals surface area contributed by atoms with Crippen LogP contribution < -0.4 is 4.74 Å². The van der Waals surface area contributed by atoms with Gasteiger partial charge in [0.2, 0.25) is 0 Å². The Morgan fingerprint density at radius 1 is 0.714 bits per heavy atom. The molecule has 2 unspecified atom stereocenters.